The number of rotatable bonds is 6. The summed E-state index contributed by atoms with van der Waals surface area (Å²) in [6.07, 6.45) is 4.97. The summed E-state index contributed by atoms with van der Waals surface area (Å²) in [6.45, 7) is 6.60. The Bertz CT molecular complexity index is 423. The number of nitrogens with zero attached hydrogens (tertiary/aromatic N) is 1. The van der Waals surface area contributed by atoms with Crippen molar-refractivity contribution in [2.75, 3.05) is 20.2 Å². The van der Waals surface area contributed by atoms with Gasteiger partial charge in [-0.05, 0) is 43.6 Å². The number of nitrogens with two attached hydrogens (primary N) is 1. The first-order valence-electron chi connectivity index (χ1n) is 7.82. The van der Waals surface area contributed by atoms with Gasteiger partial charge in [0.05, 0.1) is 7.11 Å². The van der Waals surface area contributed by atoms with E-state index in [1.54, 1.807) is 7.11 Å². The first kappa shape index (κ1) is 15.3. The molecule has 2 rings (SSSR count). The highest BCUT2D eigenvalue weighted by Crippen LogP contribution is 2.43. The van der Waals surface area contributed by atoms with E-state index >= 15 is 0 Å². The summed E-state index contributed by atoms with van der Waals surface area (Å²) in [6, 6.07) is 8.30. The molecule has 0 spiro atoms. The molecular formula is C17H28N2O. The molecule has 1 fully saturated rings. The molecule has 3 nitrogen and oxygen atoms in total. The molecular weight excluding hydrogens is 248 g/mol. The number of methoxy groups -OCH3 is 1. The van der Waals surface area contributed by atoms with E-state index in [0.717, 1.165) is 18.8 Å². The second-order valence-corrected chi connectivity index (χ2v) is 5.74. The predicted molar refractivity (Wildman–Crippen MR) is 84.0 cm³/mol. The zero-order chi connectivity index (χ0) is 14.6. The van der Waals surface area contributed by atoms with Crippen LogP contribution in [0, 0.1) is 0 Å². The van der Waals surface area contributed by atoms with Gasteiger partial charge in [-0.1, -0.05) is 38.8 Å². The Morgan fingerprint density at radius 2 is 1.90 bits per heavy atom. The van der Waals surface area contributed by atoms with Gasteiger partial charge in [0.15, 0.2) is 0 Å². The Labute approximate surface area is 123 Å². The van der Waals surface area contributed by atoms with Crippen LogP contribution < -0.4 is 10.5 Å². The summed E-state index contributed by atoms with van der Waals surface area (Å²) in [5.74, 6) is 0.894. The largest absolute Gasteiger partial charge is 0.497 e. The van der Waals surface area contributed by atoms with E-state index in [0.29, 0.717) is 0 Å². The summed E-state index contributed by atoms with van der Waals surface area (Å²) in [5.41, 5.74) is 8.03. The van der Waals surface area contributed by atoms with Crippen molar-refractivity contribution < 1.29 is 4.74 Å². The van der Waals surface area contributed by atoms with Crippen molar-refractivity contribution >= 4 is 0 Å². The molecule has 0 aliphatic heterocycles. The van der Waals surface area contributed by atoms with Crippen molar-refractivity contribution in [3.63, 3.8) is 0 Å². The minimum absolute atomic E-state index is 0.0556. The van der Waals surface area contributed by atoms with Crippen LogP contribution in [0.1, 0.15) is 51.1 Å². The Morgan fingerprint density at radius 1 is 1.25 bits per heavy atom. The molecule has 1 unspecified atom stereocenters. The van der Waals surface area contributed by atoms with Gasteiger partial charge in [0.25, 0.3) is 0 Å². The lowest BCUT2D eigenvalue weighted by Crippen LogP contribution is -2.53. The van der Waals surface area contributed by atoms with Crippen LogP contribution in [0.3, 0.4) is 0 Å². The molecule has 0 amide bonds. The molecule has 20 heavy (non-hydrogen) atoms. The fraction of sp³-hybridized carbons (Fsp3) is 0.647. The molecule has 2 N–H and O–H groups in total. The lowest BCUT2D eigenvalue weighted by Gasteiger charge is -2.45. The number of likely N-dealkylation sites (N-methyl/N-ethyl adjacent to an activating group) is 1. The first-order valence-corrected chi connectivity index (χ1v) is 7.82. The van der Waals surface area contributed by atoms with Crippen molar-refractivity contribution in [2.45, 2.75) is 51.1 Å². The van der Waals surface area contributed by atoms with Gasteiger partial charge in [-0.3, -0.25) is 4.90 Å². The third kappa shape index (κ3) is 2.70. The summed E-state index contributed by atoms with van der Waals surface area (Å²) in [4.78, 5) is 2.56. The van der Waals surface area contributed by atoms with Crippen LogP contribution >= 0.6 is 0 Å². The van der Waals surface area contributed by atoms with Crippen molar-refractivity contribution in [1.29, 1.82) is 0 Å². The maximum absolute atomic E-state index is 6.71. The molecule has 1 aliphatic carbocycles. The third-order valence-corrected chi connectivity index (χ3v) is 4.89. The molecule has 1 aromatic carbocycles. The van der Waals surface area contributed by atoms with Gasteiger partial charge in [-0.15, -0.1) is 0 Å². The van der Waals surface area contributed by atoms with Crippen molar-refractivity contribution in [2.24, 2.45) is 5.73 Å². The maximum atomic E-state index is 6.71. The molecule has 0 heterocycles. The molecule has 0 saturated heterocycles. The van der Waals surface area contributed by atoms with Crippen LogP contribution in [0.25, 0.3) is 0 Å². The van der Waals surface area contributed by atoms with Gasteiger partial charge in [-0.2, -0.15) is 0 Å². The van der Waals surface area contributed by atoms with Crippen molar-refractivity contribution in [3.05, 3.63) is 29.8 Å². The van der Waals surface area contributed by atoms with Crippen LogP contribution in [0.15, 0.2) is 24.3 Å². The van der Waals surface area contributed by atoms with E-state index in [1.165, 1.54) is 31.2 Å². The monoisotopic (exact) mass is 276 g/mol. The highest BCUT2D eigenvalue weighted by atomic mass is 16.5. The summed E-state index contributed by atoms with van der Waals surface area (Å²) in [7, 11) is 1.71. The lowest BCUT2D eigenvalue weighted by molar-refractivity contribution is 0.0769. The van der Waals surface area contributed by atoms with Gasteiger partial charge in [0, 0.05) is 11.6 Å². The quantitative estimate of drug-likeness (QED) is 0.866. The van der Waals surface area contributed by atoms with Crippen LogP contribution in [0.5, 0.6) is 5.75 Å². The Balaban J connectivity index is 2.33. The molecule has 0 radical (unpaired) electrons. The minimum atomic E-state index is 0.0556. The zero-order valence-corrected chi connectivity index (χ0v) is 13.1. The van der Waals surface area contributed by atoms with Crippen molar-refractivity contribution in [1.82, 2.24) is 4.90 Å². The normalized spacial score (nSPS) is 19.2. The molecule has 112 valence electrons. The second-order valence-electron chi connectivity index (χ2n) is 5.74. The van der Waals surface area contributed by atoms with Crippen LogP contribution in [0.4, 0.5) is 0 Å². The SMILES string of the molecule is CCN(CC)C1(C(N)c2cccc(OC)c2)CCCC1. The highest BCUT2D eigenvalue weighted by molar-refractivity contribution is 5.32. The summed E-state index contributed by atoms with van der Waals surface area (Å²) in [5, 5.41) is 0. The van der Waals surface area contributed by atoms with Gasteiger partial charge in [0.2, 0.25) is 0 Å². The van der Waals surface area contributed by atoms with E-state index in [9.17, 15) is 0 Å². The van der Waals surface area contributed by atoms with E-state index in [4.69, 9.17) is 10.5 Å². The predicted octanol–water partition coefficient (Wildman–Crippen LogP) is 3.35. The standard InChI is InChI=1S/C17H28N2O/c1-4-19(5-2)17(11-6-7-12-17)16(18)14-9-8-10-15(13-14)20-3/h8-10,13,16H,4-7,11-12,18H2,1-3H3. The molecule has 1 aliphatic rings. The number of benzene rings is 1. The summed E-state index contributed by atoms with van der Waals surface area (Å²) < 4.78 is 5.34. The fourth-order valence-corrected chi connectivity index (χ4v) is 3.81. The minimum Gasteiger partial charge on any atom is -0.497 e. The first-order chi connectivity index (χ1) is 9.67. The third-order valence-electron chi connectivity index (χ3n) is 4.89. The highest BCUT2D eigenvalue weighted by Gasteiger charge is 2.43. The number of hydrogen-bond donors (Lipinski definition) is 1. The average molecular weight is 276 g/mol. The number of ether oxygens (including phenoxy) is 1. The van der Waals surface area contributed by atoms with E-state index in [1.807, 2.05) is 12.1 Å². The Morgan fingerprint density at radius 3 is 2.45 bits per heavy atom. The molecule has 1 saturated carbocycles. The maximum Gasteiger partial charge on any atom is 0.119 e. The Kier molecular flexibility index (Phi) is 5.06. The summed E-state index contributed by atoms with van der Waals surface area (Å²) >= 11 is 0. The molecule has 1 atom stereocenters. The molecule has 1 aromatic rings. The number of hydrogen-bond acceptors (Lipinski definition) is 3. The van der Waals surface area contributed by atoms with Crippen LogP contribution in [-0.4, -0.2) is 30.6 Å². The lowest BCUT2D eigenvalue weighted by atomic mass is 9.82. The van der Waals surface area contributed by atoms with E-state index < -0.39 is 0 Å². The topological polar surface area (TPSA) is 38.5 Å². The van der Waals surface area contributed by atoms with Gasteiger partial charge < -0.3 is 10.5 Å². The Hall–Kier alpha value is -1.06. The van der Waals surface area contributed by atoms with Crippen LogP contribution in [-0.2, 0) is 0 Å². The van der Waals surface area contributed by atoms with Crippen LogP contribution in [0.2, 0.25) is 0 Å². The van der Waals surface area contributed by atoms with Gasteiger partial charge in [-0.25, -0.2) is 0 Å². The molecule has 0 bridgehead atoms. The van der Waals surface area contributed by atoms with Gasteiger partial charge in [0.1, 0.15) is 5.75 Å². The second kappa shape index (κ2) is 6.59. The smallest absolute Gasteiger partial charge is 0.119 e. The van der Waals surface area contributed by atoms with E-state index in [2.05, 4.69) is 30.9 Å². The van der Waals surface area contributed by atoms with Gasteiger partial charge >= 0.3 is 0 Å². The molecule has 3 heteroatoms. The van der Waals surface area contributed by atoms with Crippen molar-refractivity contribution in [3.8, 4) is 5.75 Å². The average Bonchev–Trinajstić information content (AvgIpc) is 2.98. The van der Waals surface area contributed by atoms with E-state index in [-0.39, 0.29) is 11.6 Å². The zero-order valence-electron chi connectivity index (χ0n) is 13.1. The fourth-order valence-electron chi connectivity index (χ4n) is 3.81. The molecule has 0 aromatic heterocycles.